The molecule has 0 rings (SSSR count). The molecule has 7 heteroatoms. The molecule has 0 amide bonds. The van der Waals surface area contributed by atoms with Crippen molar-refractivity contribution in [3.63, 3.8) is 0 Å². The van der Waals surface area contributed by atoms with Crippen LogP contribution in [0.3, 0.4) is 0 Å². The molecule has 0 saturated carbocycles. The number of rotatable bonds is 4. The minimum atomic E-state index is -2.58. The number of carboxylic acids is 1. The summed E-state index contributed by atoms with van der Waals surface area (Å²) in [5.41, 5.74) is 4.98. The van der Waals surface area contributed by atoms with Gasteiger partial charge in [-0.2, -0.15) is 0 Å². The van der Waals surface area contributed by atoms with Crippen molar-refractivity contribution in [3.8, 4) is 0 Å². The first kappa shape index (κ1) is 9.68. The number of carbonyl (C=O) groups is 1. The minimum absolute atomic E-state index is 0.103. The lowest BCUT2D eigenvalue weighted by atomic mass is 10.4. The van der Waals surface area contributed by atoms with Crippen molar-refractivity contribution < 1.29 is 19.0 Å². The molecular formula is C3H6NO4PS. The molecule has 10 heavy (non-hydrogen) atoms. The summed E-state index contributed by atoms with van der Waals surface area (Å²) in [4.78, 5) is 9.98. The summed E-state index contributed by atoms with van der Waals surface area (Å²) in [7, 11) is 0. The highest BCUT2D eigenvalue weighted by molar-refractivity contribution is 8.47. The molecule has 0 aromatic heterocycles. The second-order valence-electron chi connectivity index (χ2n) is 1.46. The first-order valence-corrected chi connectivity index (χ1v) is 5.06. The van der Waals surface area contributed by atoms with E-state index in [-0.39, 0.29) is 5.75 Å². The Kier molecular flexibility index (Phi) is 4.34. The van der Waals surface area contributed by atoms with Crippen LogP contribution in [0, 0.1) is 0 Å². The first-order chi connectivity index (χ1) is 4.54. The maximum atomic E-state index is 9.98. The Labute approximate surface area is 61.5 Å². The zero-order valence-corrected chi connectivity index (χ0v) is 6.60. The lowest BCUT2D eigenvalue weighted by Crippen LogP contribution is -2.32. The largest absolute Gasteiger partial charge is 0.480 e. The first-order valence-electron chi connectivity index (χ1n) is 2.29. The molecule has 0 saturated heterocycles. The molecular weight excluding hydrogens is 177 g/mol. The summed E-state index contributed by atoms with van der Waals surface area (Å²) >= 11 is 0.516. The van der Waals surface area contributed by atoms with Crippen molar-refractivity contribution in [2.24, 2.45) is 5.73 Å². The van der Waals surface area contributed by atoms with Gasteiger partial charge in [0.1, 0.15) is 6.04 Å². The zero-order chi connectivity index (χ0) is 8.15. The van der Waals surface area contributed by atoms with E-state index in [0.717, 1.165) is 0 Å². The topological polar surface area (TPSA) is 97.5 Å². The van der Waals surface area contributed by atoms with E-state index in [1.807, 2.05) is 0 Å². The summed E-state index contributed by atoms with van der Waals surface area (Å²) in [6.45, 7) is -2.58. The van der Waals surface area contributed by atoms with Crippen LogP contribution in [0.5, 0.6) is 0 Å². The van der Waals surface area contributed by atoms with E-state index in [9.17, 15) is 13.9 Å². The molecule has 0 aliphatic carbocycles. The summed E-state index contributed by atoms with van der Waals surface area (Å²) in [6.07, 6.45) is 0. The smallest absolute Gasteiger partial charge is 0.378 e. The van der Waals surface area contributed by atoms with Gasteiger partial charge in [-0.15, -0.1) is 0 Å². The van der Waals surface area contributed by atoms with Gasteiger partial charge in [-0.05, 0) is 11.4 Å². The predicted octanol–water partition coefficient (Wildman–Crippen LogP) is 0.219. The molecule has 0 aromatic rings. The molecule has 5 nitrogen and oxygen atoms in total. The van der Waals surface area contributed by atoms with Gasteiger partial charge in [-0.25, -0.2) is 9.13 Å². The van der Waals surface area contributed by atoms with Crippen LogP contribution in [0.2, 0.25) is 0 Å². The highest BCUT2D eigenvalue weighted by Gasteiger charge is 2.11. The molecule has 0 fully saturated rings. The Balaban J connectivity index is 3.59. The number of carboxylic acid groups (broad SMARTS) is 1. The van der Waals surface area contributed by atoms with Gasteiger partial charge in [0.05, 0.1) is 0 Å². The van der Waals surface area contributed by atoms with E-state index in [0.29, 0.717) is 11.4 Å². The Hall–Kier alpha value is -0.320. The highest BCUT2D eigenvalue weighted by Crippen LogP contribution is 2.24. The second kappa shape index (κ2) is 4.49. The maximum Gasteiger partial charge on any atom is 0.378 e. The van der Waals surface area contributed by atoms with E-state index in [1.165, 1.54) is 0 Å². The summed E-state index contributed by atoms with van der Waals surface area (Å²) < 4.78 is 19.8. The standard InChI is InChI=1S/C3H6NO4PS/c4-2(3(5)6)1-10-9(7)8/h2H,1,4H2,(H,5,6). The summed E-state index contributed by atoms with van der Waals surface area (Å²) in [5, 5.41) is 8.16. The van der Waals surface area contributed by atoms with Gasteiger partial charge >= 0.3 is 12.9 Å². The van der Waals surface area contributed by atoms with Crippen molar-refractivity contribution >= 4 is 24.2 Å². The van der Waals surface area contributed by atoms with E-state index >= 15 is 0 Å². The third-order valence-electron chi connectivity index (χ3n) is 0.677. The van der Waals surface area contributed by atoms with Gasteiger partial charge in [-0.3, -0.25) is 4.79 Å². The van der Waals surface area contributed by atoms with Gasteiger partial charge in [0.2, 0.25) is 0 Å². The van der Waals surface area contributed by atoms with Gasteiger partial charge in [-0.1, -0.05) is 0 Å². The molecule has 0 radical (unpaired) electrons. The van der Waals surface area contributed by atoms with Crippen LogP contribution in [-0.2, 0) is 13.9 Å². The molecule has 0 bridgehead atoms. The van der Waals surface area contributed by atoms with E-state index in [1.54, 1.807) is 0 Å². The fraction of sp³-hybridized carbons (Fsp3) is 0.667. The Morgan fingerprint density at radius 1 is 1.70 bits per heavy atom. The lowest BCUT2D eigenvalue weighted by Gasteiger charge is -1.99. The molecule has 1 unspecified atom stereocenters. The predicted molar refractivity (Wildman–Crippen MR) is 36.4 cm³/mol. The van der Waals surface area contributed by atoms with Crippen molar-refractivity contribution in [2.75, 3.05) is 5.75 Å². The van der Waals surface area contributed by atoms with E-state index in [4.69, 9.17) is 10.8 Å². The second-order valence-corrected chi connectivity index (χ2v) is 4.17. The molecule has 0 spiro atoms. The van der Waals surface area contributed by atoms with Gasteiger partial charge < -0.3 is 10.8 Å². The fourth-order valence-corrected chi connectivity index (χ4v) is 1.48. The normalized spacial score (nSPS) is 12.5. The number of hydrogen-bond donors (Lipinski definition) is 2. The third kappa shape index (κ3) is 4.55. The van der Waals surface area contributed by atoms with Crippen LogP contribution in [0.25, 0.3) is 0 Å². The Morgan fingerprint density at radius 3 is 2.50 bits per heavy atom. The monoisotopic (exact) mass is 183 g/mol. The van der Waals surface area contributed by atoms with Gasteiger partial charge in [0.15, 0.2) is 0 Å². The van der Waals surface area contributed by atoms with E-state index < -0.39 is 18.9 Å². The number of aliphatic carboxylic acids is 1. The lowest BCUT2D eigenvalue weighted by molar-refractivity contribution is -0.137. The minimum Gasteiger partial charge on any atom is -0.480 e. The average molecular weight is 183 g/mol. The van der Waals surface area contributed by atoms with Gasteiger partial charge in [0.25, 0.3) is 0 Å². The van der Waals surface area contributed by atoms with E-state index in [2.05, 4.69) is 0 Å². The highest BCUT2D eigenvalue weighted by atomic mass is 32.7. The molecule has 0 aliphatic heterocycles. The van der Waals surface area contributed by atoms with Crippen LogP contribution in [0.1, 0.15) is 0 Å². The molecule has 58 valence electrons. The van der Waals surface area contributed by atoms with Crippen LogP contribution < -0.4 is 5.73 Å². The molecule has 1 atom stereocenters. The quantitative estimate of drug-likeness (QED) is 0.605. The SMILES string of the molecule is NC(CSP(=O)=O)C(=O)O. The molecule has 3 N–H and O–H groups in total. The average Bonchev–Trinajstić information content (AvgIpc) is 1.82. The van der Waals surface area contributed by atoms with Crippen molar-refractivity contribution in [3.05, 3.63) is 0 Å². The fourth-order valence-electron chi connectivity index (χ4n) is 0.212. The Bertz CT molecular complexity index is 183. The maximum absolute atomic E-state index is 9.98. The summed E-state index contributed by atoms with van der Waals surface area (Å²) in [6, 6.07) is -1.10. The molecule has 0 heterocycles. The molecule has 0 aliphatic rings. The number of hydrogen-bond acceptors (Lipinski definition) is 5. The Morgan fingerprint density at radius 2 is 2.20 bits per heavy atom. The van der Waals surface area contributed by atoms with Crippen LogP contribution in [0.15, 0.2) is 0 Å². The third-order valence-corrected chi connectivity index (χ3v) is 2.48. The van der Waals surface area contributed by atoms with Gasteiger partial charge in [0, 0.05) is 5.75 Å². The van der Waals surface area contributed by atoms with Crippen LogP contribution >= 0.6 is 18.3 Å². The zero-order valence-electron chi connectivity index (χ0n) is 4.89. The van der Waals surface area contributed by atoms with Crippen LogP contribution in [0.4, 0.5) is 0 Å². The van der Waals surface area contributed by atoms with Crippen molar-refractivity contribution in [1.29, 1.82) is 0 Å². The van der Waals surface area contributed by atoms with Crippen LogP contribution in [-0.4, -0.2) is 22.9 Å². The van der Waals surface area contributed by atoms with Crippen molar-refractivity contribution in [2.45, 2.75) is 6.04 Å². The number of nitrogens with two attached hydrogens (primary N) is 1. The molecule has 0 aromatic carbocycles. The summed E-state index contributed by atoms with van der Waals surface area (Å²) in [5.74, 6) is -1.29. The van der Waals surface area contributed by atoms with Crippen molar-refractivity contribution in [1.82, 2.24) is 0 Å².